The van der Waals surface area contributed by atoms with Crippen LogP contribution < -0.4 is 5.32 Å². The zero-order valence-corrected chi connectivity index (χ0v) is 16.3. The molecule has 3 rings (SSSR count). The van der Waals surface area contributed by atoms with E-state index in [-0.39, 0.29) is 29.4 Å². The Morgan fingerprint density at radius 2 is 1.78 bits per heavy atom. The molecule has 1 aliphatic heterocycles. The highest BCUT2D eigenvalue weighted by Gasteiger charge is 2.37. The van der Waals surface area contributed by atoms with Crippen molar-refractivity contribution >= 4 is 21.7 Å². The number of carbonyl (C=O) groups excluding carboxylic acids is 2. The second kappa shape index (κ2) is 8.25. The third-order valence-electron chi connectivity index (χ3n) is 5.30. The average molecular weight is 391 g/mol. The minimum Gasteiger partial charge on any atom is -0.352 e. The van der Waals surface area contributed by atoms with Crippen molar-refractivity contribution in [1.29, 1.82) is 0 Å². The van der Waals surface area contributed by atoms with Gasteiger partial charge in [0.1, 0.15) is 0 Å². The summed E-state index contributed by atoms with van der Waals surface area (Å²) in [5.41, 5.74) is 1.04. The van der Waals surface area contributed by atoms with Crippen LogP contribution in [0.3, 0.4) is 0 Å². The Bertz CT molecular complexity index is 820. The minimum atomic E-state index is -3.05. The molecule has 2 amide bonds. The lowest BCUT2D eigenvalue weighted by Crippen LogP contribution is -2.46. The lowest BCUT2D eigenvalue weighted by molar-refractivity contribution is -0.141. The van der Waals surface area contributed by atoms with Gasteiger partial charge in [-0.15, -0.1) is 0 Å². The van der Waals surface area contributed by atoms with E-state index in [1.54, 1.807) is 11.9 Å². The number of hydrogen-bond acceptors (Lipinski definition) is 4. The van der Waals surface area contributed by atoms with Gasteiger partial charge in [-0.3, -0.25) is 9.59 Å². The van der Waals surface area contributed by atoms with E-state index in [2.05, 4.69) is 5.32 Å². The molecule has 0 radical (unpaired) electrons. The van der Waals surface area contributed by atoms with Crippen LogP contribution in [-0.4, -0.2) is 49.7 Å². The highest BCUT2D eigenvalue weighted by molar-refractivity contribution is 7.91. The molecule has 27 heavy (non-hydrogen) atoms. The maximum atomic E-state index is 13.0. The first kappa shape index (κ1) is 19.6. The Morgan fingerprint density at radius 1 is 1.11 bits per heavy atom. The first-order chi connectivity index (χ1) is 12.9. The van der Waals surface area contributed by atoms with Crippen LogP contribution in [-0.2, 0) is 26.0 Å². The SMILES string of the molecule is CN(Cc1ccccc1)C(=O)C1CC=CCC1C(=O)NC1CCS(=O)(=O)C1. The molecule has 1 aromatic rings. The van der Waals surface area contributed by atoms with Crippen LogP contribution in [0.25, 0.3) is 0 Å². The van der Waals surface area contributed by atoms with E-state index < -0.39 is 21.7 Å². The molecule has 1 aromatic carbocycles. The topological polar surface area (TPSA) is 83.6 Å². The van der Waals surface area contributed by atoms with E-state index in [0.717, 1.165) is 5.56 Å². The number of sulfone groups is 1. The Labute approximate surface area is 160 Å². The monoisotopic (exact) mass is 390 g/mol. The van der Waals surface area contributed by atoms with Crippen LogP contribution in [0.1, 0.15) is 24.8 Å². The number of nitrogens with one attached hydrogen (secondary N) is 1. The third kappa shape index (κ3) is 4.97. The van der Waals surface area contributed by atoms with Gasteiger partial charge in [0.2, 0.25) is 11.8 Å². The van der Waals surface area contributed by atoms with Gasteiger partial charge in [0.25, 0.3) is 0 Å². The number of carbonyl (C=O) groups is 2. The highest BCUT2D eigenvalue weighted by atomic mass is 32.2. The first-order valence-corrected chi connectivity index (χ1v) is 11.1. The quantitative estimate of drug-likeness (QED) is 0.773. The molecule has 0 spiro atoms. The predicted molar refractivity (Wildman–Crippen MR) is 103 cm³/mol. The second-order valence-corrected chi connectivity index (χ2v) is 9.67. The van der Waals surface area contributed by atoms with Crippen molar-refractivity contribution in [3.05, 3.63) is 48.0 Å². The smallest absolute Gasteiger partial charge is 0.226 e. The normalized spacial score (nSPS) is 26.5. The van der Waals surface area contributed by atoms with E-state index in [4.69, 9.17) is 0 Å². The number of rotatable bonds is 5. The fourth-order valence-electron chi connectivity index (χ4n) is 3.81. The molecule has 0 saturated carbocycles. The summed E-state index contributed by atoms with van der Waals surface area (Å²) in [5.74, 6) is -1.03. The van der Waals surface area contributed by atoms with Crippen molar-refractivity contribution < 1.29 is 18.0 Å². The van der Waals surface area contributed by atoms with Gasteiger partial charge in [-0.25, -0.2) is 8.42 Å². The molecule has 3 atom stereocenters. The molecule has 1 fully saturated rings. The molecule has 2 aliphatic rings. The number of benzene rings is 1. The summed E-state index contributed by atoms with van der Waals surface area (Å²) in [6.45, 7) is 0.495. The molecule has 1 saturated heterocycles. The number of nitrogens with zero attached hydrogens (tertiary/aromatic N) is 1. The maximum Gasteiger partial charge on any atom is 0.226 e. The fraction of sp³-hybridized carbons (Fsp3) is 0.500. The number of allylic oxidation sites excluding steroid dienone is 2. The van der Waals surface area contributed by atoms with E-state index >= 15 is 0 Å². The molecular formula is C20H26N2O4S. The van der Waals surface area contributed by atoms with Crippen LogP contribution >= 0.6 is 0 Å². The van der Waals surface area contributed by atoms with Crippen LogP contribution in [0.4, 0.5) is 0 Å². The van der Waals surface area contributed by atoms with Gasteiger partial charge in [0.05, 0.1) is 23.3 Å². The molecule has 6 nitrogen and oxygen atoms in total. The van der Waals surface area contributed by atoms with Crippen molar-refractivity contribution in [2.45, 2.75) is 31.8 Å². The van der Waals surface area contributed by atoms with Gasteiger partial charge in [-0.2, -0.15) is 0 Å². The molecule has 0 aromatic heterocycles. The largest absolute Gasteiger partial charge is 0.352 e. The summed E-state index contributed by atoms with van der Waals surface area (Å²) >= 11 is 0. The lowest BCUT2D eigenvalue weighted by Gasteiger charge is -2.31. The van der Waals surface area contributed by atoms with Gasteiger partial charge in [-0.1, -0.05) is 42.5 Å². The van der Waals surface area contributed by atoms with Gasteiger partial charge in [0, 0.05) is 19.6 Å². The van der Waals surface area contributed by atoms with Gasteiger partial charge in [0.15, 0.2) is 9.84 Å². The van der Waals surface area contributed by atoms with Gasteiger partial charge < -0.3 is 10.2 Å². The molecule has 0 bridgehead atoms. The van der Waals surface area contributed by atoms with Crippen LogP contribution in [0, 0.1) is 11.8 Å². The summed E-state index contributed by atoms with van der Waals surface area (Å²) in [6.07, 6.45) is 5.35. The summed E-state index contributed by atoms with van der Waals surface area (Å²) in [7, 11) is -1.30. The summed E-state index contributed by atoms with van der Waals surface area (Å²) in [5, 5.41) is 2.85. The predicted octanol–water partition coefficient (Wildman–Crippen LogP) is 1.53. The average Bonchev–Trinajstić information content (AvgIpc) is 3.00. The molecule has 3 unspecified atom stereocenters. The lowest BCUT2D eigenvalue weighted by atomic mass is 9.81. The Morgan fingerprint density at radius 3 is 2.41 bits per heavy atom. The summed E-state index contributed by atoms with van der Waals surface area (Å²) in [4.78, 5) is 27.4. The van der Waals surface area contributed by atoms with E-state index in [1.807, 2.05) is 42.5 Å². The molecule has 1 aliphatic carbocycles. The van der Waals surface area contributed by atoms with Crippen molar-refractivity contribution in [1.82, 2.24) is 10.2 Å². The Kier molecular flexibility index (Phi) is 5.99. The Hall–Kier alpha value is -2.15. The van der Waals surface area contributed by atoms with Crippen LogP contribution in [0.2, 0.25) is 0 Å². The molecule has 1 heterocycles. The number of amides is 2. The zero-order chi connectivity index (χ0) is 19.4. The van der Waals surface area contributed by atoms with Crippen molar-refractivity contribution in [2.24, 2.45) is 11.8 Å². The molecule has 7 heteroatoms. The zero-order valence-electron chi connectivity index (χ0n) is 15.5. The molecule has 146 valence electrons. The van der Waals surface area contributed by atoms with E-state index in [0.29, 0.717) is 25.8 Å². The van der Waals surface area contributed by atoms with E-state index in [1.165, 1.54) is 0 Å². The molecule has 1 N–H and O–H groups in total. The van der Waals surface area contributed by atoms with Crippen LogP contribution in [0.15, 0.2) is 42.5 Å². The standard InChI is InChI=1S/C20H26N2O4S/c1-22(13-15-7-3-2-4-8-15)20(24)18-10-6-5-9-17(18)19(23)21-16-11-12-27(25,26)14-16/h2-8,16-18H,9-14H2,1H3,(H,21,23). The Balaban J connectivity index is 1.64. The van der Waals surface area contributed by atoms with Crippen LogP contribution in [0.5, 0.6) is 0 Å². The van der Waals surface area contributed by atoms with Gasteiger partial charge in [-0.05, 0) is 24.8 Å². The fourth-order valence-corrected chi connectivity index (χ4v) is 5.49. The van der Waals surface area contributed by atoms with E-state index in [9.17, 15) is 18.0 Å². The van der Waals surface area contributed by atoms with Crippen molar-refractivity contribution in [2.75, 3.05) is 18.6 Å². The second-order valence-electron chi connectivity index (χ2n) is 7.44. The highest BCUT2D eigenvalue weighted by Crippen LogP contribution is 2.28. The minimum absolute atomic E-state index is 0.00613. The molecular weight excluding hydrogens is 364 g/mol. The number of hydrogen-bond donors (Lipinski definition) is 1. The first-order valence-electron chi connectivity index (χ1n) is 9.30. The van der Waals surface area contributed by atoms with Gasteiger partial charge >= 0.3 is 0 Å². The third-order valence-corrected chi connectivity index (χ3v) is 7.07. The summed E-state index contributed by atoms with van der Waals surface area (Å²) < 4.78 is 23.2. The van der Waals surface area contributed by atoms with Crippen molar-refractivity contribution in [3.8, 4) is 0 Å². The maximum absolute atomic E-state index is 13.0. The summed E-state index contributed by atoms with van der Waals surface area (Å²) in [6, 6.07) is 9.39. The van der Waals surface area contributed by atoms with Crippen molar-refractivity contribution in [3.63, 3.8) is 0 Å².